The maximum Gasteiger partial charge on any atom is 0.247 e. The second-order valence-corrected chi connectivity index (χ2v) is 5.62. The van der Waals surface area contributed by atoms with Gasteiger partial charge in [-0.25, -0.2) is 4.98 Å². The third kappa shape index (κ3) is 2.16. The molecule has 0 saturated heterocycles. The molecular weight excluding hydrogens is 242 g/mol. The molecule has 2 aromatic rings. The van der Waals surface area contributed by atoms with Gasteiger partial charge in [-0.05, 0) is 31.6 Å². The fraction of sp³-hybridized carbons (Fsp3) is 0.615. The highest BCUT2D eigenvalue weighted by molar-refractivity contribution is 5.42. The first-order valence-electron chi connectivity index (χ1n) is 6.69. The quantitative estimate of drug-likeness (QED) is 0.891. The SMILES string of the molecule is CC1CCC(N)(c2nc(-c3nccn3C)no2)CC1. The van der Waals surface area contributed by atoms with Crippen LogP contribution in [0.5, 0.6) is 0 Å². The van der Waals surface area contributed by atoms with Crippen LogP contribution in [0.25, 0.3) is 11.6 Å². The summed E-state index contributed by atoms with van der Waals surface area (Å²) in [5, 5.41) is 4.01. The third-order valence-electron chi connectivity index (χ3n) is 4.04. The van der Waals surface area contributed by atoms with Gasteiger partial charge in [0.15, 0.2) is 5.82 Å². The Bertz CT molecular complexity index is 565. The Balaban J connectivity index is 1.87. The summed E-state index contributed by atoms with van der Waals surface area (Å²) in [6.45, 7) is 2.26. The summed E-state index contributed by atoms with van der Waals surface area (Å²) in [6, 6.07) is 0. The number of imidazole rings is 1. The smallest absolute Gasteiger partial charge is 0.247 e. The van der Waals surface area contributed by atoms with E-state index in [1.165, 1.54) is 0 Å². The van der Waals surface area contributed by atoms with Gasteiger partial charge in [0.2, 0.25) is 11.7 Å². The van der Waals surface area contributed by atoms with Crippen LogP contribution in [0.2, 0.25) is 0 Å². The average Bonchev–Trinajstić information content (AvgIpc) is 3.01. The third-order valence-corrected chi connectivity index (χ3v) is 4.04. The van der Waals surface area contributed by atoms with E-state index in [1.54, 1.807) is 6.20 Å². The molecule has 1 aliphatic rings. The summed E-state index contributed by atoms with van der Waals surface area (Å²) >= 11 is 0. The molecule has 0 unspecified atom stereocenters. The van der Waals surface area contributed by atoms with Gasteiger partial charge in [0, 0.05) is 19.4 Å². The van der Waals surface area contributed by atoms with Crippen molar-refractivity contribution in [2.75, 3.05) is 0 Å². The van der Waals surface area contributed by atoms with E-state index in [-0.39, 0.29) is 0 Å². The Hall–Kier alpha value is -1.69. The number of rotatable bonds is 2. The molecule has 0 bridgehead atoms. The second-order valence-electron chi connectivity index (χ2n) is 5.62. The lowest BCUT2D eigenvalue weighted by Gasteiger charge is -2.32. The van der Waals surface area contributed by atoms with Gasteiger partial charge in [0.05, 0.1) is 5.54 Å². The topological polar surface area (TPSA) is 82.8 Å². The Kier molecular flexibility index (Phi) is 2.89. The molecule has 6 nitrogen and oxygen atoms in total. The van der Waals surface area contributed by atoms with Crippen LogP contribution in [-0.2, 0) is 12.6 Å². The van der Waals surface area contributed by atoms with Gasteiger partial charge in [-0.15, -0.1) is 0 Å². The van der Waals surface area contributed by atoms with Crippen LogP contribution in [0.1, 0.15) is 38.5 Å². The van der Waals surface area contributed by atoms with E-state index in [0.29, 0.717) is 17.5 Å². The predicted molar refractivity (Wildman–Crippen MR) is 70.0 cm³/mol. The molecule has 1 aliphatic carbocycles. The molecule has 19 heavy (non-hydrogen) atoms. The average molecular weight is 261 g/mol. The first kappa shape index (κ1) is 12.3. The molecule has 2 aromatic heterocycles. The molecule has 0 radical (unpaired) electrons. The van der Waals surface area contributed by atoms with Crippen molar-refractivity contribution in [3.8, 4) is 11.6 Å². The zero-order chi connectivity index (χ0) is 13.5. The number of hydrogen-bond donors (Lipinski definition) is 1. The van der Waals surface area contributed by atoms with Crippen molar-refractivity contribution in [2.24, 2.45) is 18.7 Å². The maximum absolute atomic E-state index is 6.42. The maximum atomic E-state index is 6.42. The highest BCUT2D eigenvalue weighted by Gasteiger charge is 2.37. The standard InChI is InChI=1S/C13H19N5O/c1-9-3-5-13(14,6-4-9)12-16-10(17-19-12)11-15-7-8-18(11)2/h7-9H,3-6,14H2,1-2H3. The molecule has 2 heterocycles. The van der Waals surface area contributed by atoms with Crippen LogP contribution in [0.15, 0.2) is 16.9 Å². The lowest BCUT2D eigenvalue weighted by atomic mass is 9.78. The van der Waals surface area contributed by atoms with Crippen LogP contribution in [0.4, 0.5) is 0 Å². The largest absolute Gasteiger partial charge is 0.337 e. The van der Waals surface area contributed by atoms with Crippen molar-refractivity contribution in [2.45, 2.75) is 38.1 Å². The van der Waals surface area contributed by atoms with Crippen LogP contribution >= 0.6 is 0 Å². The zero-order valence-corrected chi connectivity index (χ0v) is 11.3. The highest BCUT2D eigenvalue weighted by Crippen LogP contribution is 2.36. The van der Waals surface area contributed by atoms with Crippen LogP contribution in [0, 0.1) is 5.92 Å². The fourth-order valence-electron chi connectivity index (χ4n) is 2.59. The van der Waals surface area contributed by atoms with Crippen LogP contribution < -0.4 is 5.73 Å². The van der Waals surface area contributed by atoms with E-state index in [1.807, 2.05) is 17.8 Å². The molecule has 0 atom stereocenters. The van der Waals surface area contributed by atoms with Gasteiger partial charge < -0.3 is 14.8 Å². The van der Waals surface area contributed by atoms with E-state index >= 15 is 0 Å². The molecule has 1 fully saturated rings. The molecule has 0 amide bonds. The summed E-state index contributed by atoms with van der Waals surface area (Å²) in [5.74, 6) is 2.47. The Morgan fingerprint density at radius 1 is 1.42 bits per heavy atom. The molecule has 0 aromatic carbocycles. The summed E-state index contributed by atoms with van der Waals surface area (Å²) in [7, 11) is 1.90. The second kappa shape index (κ2) is 4.45. The fourth-order valence-corrected chi connectivity index (χ4v) is 2.59. The van der Waals surface area contributed by atoms with Crippen LogP contribution in [-0.4, -0.2) is 19.7 Å². The monoisotopic (exact) mass is 261 g/mol. The number of nitrogens with zero attached hydrogens (tertiary/aromatic N) is 4. The Labute approximate surface area is 112 Å². The van der Waals surface area contributed by atoms with E-state index in [0.717, 1.165) is 31.6 Å². The van der Waals surface area contributed by atoms with E-state index in [9.17, 15) is 0 Å². The molecule has 102 valence electrons. The van der Waals surface area contributed by atoms with Gasteiger partial charge in [-0.2, -0.15) is 4.98 Å². The molecule has 2 N–H and O–H groups in total. The molecule has 1 saturated carbocycles. The highest BCUT2D eigenvalue weighted by atomic mass is 16.5. The lowest BCUT2D eigenvalue weighted by Crippen LogP contribution is -2.40. The minimum absolute atomic E-state index is 0.469. The lowest BCUT2D eigenvalue weighted by molar-refractivity contribution is 0.190. The Morgan fingerprint density at radius 2 is 2.16 bits per heavy atom. The predicted octanol–water partition coefficient (Wildman–Crippen LogP) is 1.83. The molecular formula is C13H19N5O. The van der Waals surface area contributed by atoms with Gasteiger partial charge in [-0.1, -0.05) is 12.1 Å². The Morgan fingerprint density at radius 3 is 2.79 bits per heavy atom. The minimum atomic E-state index is -0.469. The molecule has 6 heteroatoms. The van der Waals surface area contributed by atoms with Crippen molar-refractivity contribution in [1.29, 1.82) is 0 Å². The van der Waals surface area contributed by atoms with E-state index < -0.39 is 5.54 Å². The zero-order valence-electron chi connectivity index (χ0n) is 11.3. The summed E-state index contributed by atoms with van der Waals surface area (Å²) in [6.07, 6.45) is 7.58. The van der Waals surface area contributed by atoms with Gasteiger partial charge in [-0.3, -0.25) is 0 Å². The number of hydrogen-bond acceptors (Lipinski definition) is 5. The number of aromatic nitrogens is 4. The minimum Gasteiger partial charge on any atom is -0.337 e. The van der Waals surface area contributed by atoms with Crippen molar-refractivity contribution in [3.05, 3.63) is 18.3 Å². The van der Waals surface area contributed by atoms with Gasteiger partial charge >= 0.3 is 0 Å². The van der Waals surface area contributed by atoms with Gasteiger partial charge in [0.25, 0.3) is 0 Å². The van der Waals surface area contributed by atoms with E-state index in [4.69, 9.17) is 10.3 Å². The van der Waals surface area contributed by atoms with Gasteiger partial charge in [0.1, 0.15) is 0 Å². The van der Waals surface area contributed by atoms with Crippen LogP contribution in [0.3, 0.4) is 0 Å². The van der Waals surface area contributed by atoms with Crippen molar-refractivity contribution in [1.82, 2.24) is 19.7 Å². The summed E-state index contributed by atoms with van der Waals surface area (Å²) in [4.78, 5) is 8.66. The van der Waals surface area contributed by atoms with Crippen molar-refractivity contribution >= 4 is 0 Å². The van der Waals surface area contributed by atoms with E-state index in [2.05, 4.69) is 22.0 Å². The first-order chi connectivity index (χ1) is 9.08. The summed E-state index contributed by atoms with van der Waals surface area (Å²) in [5.41, 5.74) is 5.95. The normalized spacial score (nSPS) is 27.6. The molecule has 3 rings (SSSR count). The van der Waals surface area contributed by atoms with Crippen molar-refractivity contribution < 1.29 is 4.52 Å². The number of aryl methyl sites for hydroxylation is 1. The van der Waals surface area contributed by atoms with Crippen molar-refractivity contribution in [3.63, 3.8) is 0 Å². The summed E-state index contributed by atoms with van der Waals surface area (Å²) < 4.78 is 7.24. The first-order valence-corrected chi connectivity index (χ1v) is 6.69. The molecule has 0 aliphatic heterocycles. The molecule has 0 spiro atoms. The number of nitrogens with two attached hydrogens (primary N) is 1.